The molecule has 6 aliphatic rings. The van der Waals surface area contributed by atoms with Crippen molar-refractivity contribution in [1.29, 1.82) is 0 Å². The third-order valence-corrected chi connectivity index (χ3v) is 12.6. The lowest BCUT2D eigenvalue weighted by Crippen LogP contribution is -2.48. The average molecular weight is 689 g/mol. The number of rotatable bonds is 8. The van der Waals surface area contributed by atoms with Crippen LogP contribution in [-0.2, 0) is 17.6 Å². The van der Waals surface area contributed by atoms with Crippen LogP contribution in [0.1, 0.15) is 65.1 Å². The minimum absolute atomic E-state index is 0.0240. The monoisotopic (exact) mass is 688 g/mol. The van der Waals surface area contributed by atoms with E-state index in [2.05, 4.69) is 37.9 Å². The summed E-state index contributed by atoms with van der Waals surface area (Å²) in [6.45, 7) is 0.746. The second-order valence-corrected chi connectivity index (χ2v) is 15.1. The van der Waals surface area contributed by atoms with Gasteiger partial charge in [0.15, 0.2) is 0 Å². The minimum atomic E-state index is -0.664. The fourth-order valence-electron chi connectivity index (χ4n) is 9.14. The molecule has 1 saturated carbocycles. The number of H-pyrrole nitrogens is 1. The maximum atomic E-state index is 14.4. The van der Waals surface area contributed by atoms with E-state index in [4.69, 9.17) is 14.1 Å². The molecule has 11 rings (SSSR count). The van der Waals surface area contributed by atoms with E-state index in [0.29, 0.717) is 29.9 Å². The molecule has 1 amide bonds. The number of aromatic nitrogens is 3. The van der Waals surface area contributed by atoms with Gasteiger partial charge in [0.05, 0.1) is 40.6 Å². The summed E-state index contributed by atoms with van der Waals surface area (Å²) in [6, 6.07) is 16.9. The van der Waals surface area contributed by atoms with Gasteiger partial charge in [0.25, 0.3) is 5.91 Å². The molecular formula is C38H33FN6O4S. The lowest BCUT2D eigenvalue weighted by Gasteiger charge is -2.42. The van der Waals surface area contributed by atoms with Gasteiger partial charge in [0, 0.05) is 28.9 Å². The molecular weight excluding hydrogens is 656 g/mol. The van der Waals surface area contributed by atoms with Crippen molar-refractivity contribution in [1.82, 2.24) is 25.4 Å². The molecule has 2 aliphatic carbocycles. The SMILES string of the molecule is COc1cccc2c1CC[C@H]2Nc1nccc2cc(C3C4=C(NC(CCc5ccc(F)cc5)=C3c3n[nH]c(=O)o3)C35CC(CN3C4=O)C5)sc12. The van der Waals surface area contributed by atoms with Crippen LogP contribution >= 0.6 is 11.3 Å². The number of thiophene rings is 1. The summed E-state index contributed by atoms with van der Waals surface area (Å²) in [6.07, 6.45) is 6.69. The Hall–Kier alpha value is -5.23. The van der Waals surface area contributed by atoms with Crippen LogP contribution in [0.5, 0.6) is 5.75 Å². The van der Waals surface area contributed by atoms with Crippen LogP contribution in [-0.4, -0.2) is 45.2 Å². The van der Waals surface area contributed by atoms with Crippen LogP contribution in [0.25, 0.3) is 15.7 Å². The van der Waals surface area contributed by atoms with Crippen LogP contribution in [0.4, 0.5) is 10.2 Å². The molecule has 7 heterocycles. The molecule has 3 N–H and O–H groups in total. The summed E-state index contributed by atoms with van der Waals surface area (Å²) in [4.78, 5) is 34.7. The highest BCUT2D eigenvalue weighted by Crippen LogP contribution is 2.62. The lowest BCUT2D eigenvalue weighted by atomic mass is 9.69. The zero-order valence-corrected chi connectivity index (χ0v) is 28.0. The van der Waals surface area contributed by atoms with Gasteiger partial charge in [0.2, 0.25) is 5.89 Å². The number of ether oxygens (including phenoxy) is 1. The molecule has 252 valence electrons. The summed E-state index contributed by atoms with van der Waals surface area (Å²) in [7, 11) is 1.71. The highest BCUT2D eigenvalue weighted by atomic mass is 32.1. The largest absolute Gasteiger partial charge is 0.496 e. The van der Waals surface area contributed by atoms with Gasteiger partial charge in [-0.3, -0.25) is 4.79 Å². The van der Waals surface area contributed by atoms with Gasteiger partial charge in [-0.25, -0.2) is 19.3 Å². The summed E-state index contributed by atoms with van der Waals surface area (Å²) >= 11 is 1.60. The molecule has 2 aromatic carbocycles. The molecule has 3 aromatic heterocycles. The average Bonchev–Trinajstić information content (AvgIpc) is 3.96. The number of aromatic amines is 1. The number of fused-ring (bicyclic) bond motifs is 2. The van der Waals surface area contributed by atoms with E-state index in [0.717, 1.165) is 75.7 Å². The van der Waals surface area contributed by atoms with E-state index in [1.807, 2.05) is 24.4 Å². The first-order valence-corrected chi connectivity index (χ1v) is 17.9. The number of methoxy groups -OCH3 is 1. The maximum absolute atomic E-state index is 14.4. The van der Waals surface area contributed by atoms with E-state index in [1.54, 1.807) is 30.6 Å². The number of anilines is 1. The van der Waals surface area contributed by atoms with Gasteiger partial charge < -0.3 is 24.7 Å². The molecule has 4 aliphatic heterocycles. The van der Waals surface area contributed by atoms with Crippen LogP contribution in [0.2, 0.25) is 0 Å². The number of nitrogens with one attached hydrogen (secondary N) is 3. The predicted molar refractivity (Wildman–Crippen MR) is 186 cm³/mol. The third kappa shape index (κ3) is 4.30. The van der Waals surface area contributed by atoms with Gasteiger partial charge in [-0.1, -0.05) is 24.3 Å². The molecule has 50 heavy (non-hydrogen) atoms. The number of carbonyl (C=O) groups is 1. The smallest absolute Gasteiger partial charge is 0.434 e. The second kappa shape index (κ2) is 10.9. The summed E-state index contributed by atoms with van der Waals surface area (Å²) in [5.41, 5.74) is 6.24. The van der Waals surface area contributed by atoms with Crippen molar-refractivity contribution in [3.05, 3.63) is 122 Å². The van der Waals surface area contributed by atoms with E-state index >= 15 is 0 Å². The standard InChI is InChI=1S/C38H33FN6O4S/c1-48-27-4-2-3-23-24(27)10-12-25(23)42-34-32-21(13-14-40-34)15-28(50-32)30-29(35-43-44-37(47)49-35)26(11-7-19-5-8-22(39)9-6-19)41-33-31(30)36(46)45-18-20-16-38(33,45)17-20/h2-6,8-9,13-15,20,25,30,41H,7,10-12,16-18H2,1H3,(H,40,42)(H,44,47)/t20?,25-,30?,38?/m1/s1. The molecule has 1 unspecified atom stereocenters. The molecule has 3 fully saturated rings. The van der Waals surface area contributed by atoms with Crippen molar-refractivity contribution in [2.75, 3.05) is 19.0 Å². The number of halogens is 1. The van der Waals surface area contributed by atoms with Gasteiger partial charge in [-0.05, 0) is 96.9 Å². The first kappa shape index (κ1) is 29.7. The topological polar surface area (TPSA) is 125 Å². The van der Waals surface area contributed by atoms with Crippen molar-refractivity contribution in [2.24, 2.45) is 5.92 Å². The zero-order valence-electron chi connectivity index (χ0n) is 27.2. The van der Waals surface area contributed by atoms with Gasteiger partial charge >= 0.3 is 5.76 Å². The summed E-state index contributed by atoms with van der Waals surface area (Å²) < 4.78 is 26.1. The Morgan fingerprint density at radius 3 is 2.78 bits per heavy atom. The second-order valence-electron chi connectivity index (χ2n) is 14.0. The number of allylic oxidation sites excluding steroid dienone is 2. The Bertz CT molecular complexity index is 2350. The number of dihydropyridines is 1. The maximum Gasteiger partial charge on any atom is 0.434 e. The van der Waals surface area contributed by atoms with Crippen molar-refractivity contribution in [3.8, 4) is 5.75 Å². The predicted octanol–water partition coefficient (Wildman–Crippen LogP) is 6.21. The third-order valence-electron chi connectivity index (χ3n) is 11.3. The van der Waals surface area contributed by atoms with Crippen molar-refractivity contribution < 1.29 is 18.3 Å². The summed E-state index contributed by atoms with van der Waals surface area (Å²) in [5, 5.41) is 15.2. The van der Waals surface area contributed by atoms with Gasteiger partial charge in [-0.15, -0.1) is 16.4 Å². The Morgan fingerprint density at radius 2 is 1.98 bits per heavy atom. The van der Waals surface area contributed by atoms with E-state index in [1.165, 1.54) is 23.3 Å². The number of hydrogen-bond acceptors (Lipinski definition) is 9. The fraction of sp³-hybridized carbons (Fsp3) is 0.316. The van der Waals surface area contributed by atoms with Crippen LogP contribution in [0.3, 0.4) is 0 Å². The number of aryl methyl sites for hydroxylation is 1. The number of pyridine rings is 1. The van der Waals surface area contributed by atoms with Gasteiger partial charge in [0.1, 0.15) is 17.4 Å². The Kier molecular flexibility index (Phi) is 6.46. The highest BCUT2D eigenvalue weighted by Gasteiger charge is 2.66. The lowest BCUT2D eigenvalue weighted by molar-refractivity contribution is -0.127. The quantitative estimate of drug-likeness (QED) is 0.176. The van der Waals surface area contributed by atoms with Crippen molar-refractivity contribution in [3.63, 3.8) is 0 Å². The summed E-state index contributed by atoms with van der Waals surface area (Å²) in [5.74, 6) is 0.915. The van der Waals surface area contributed by atoms with Crippen molar-refractivity contribution in [2.45, 2.75) is 56.0 Å². The van der Waals surface area contributed by atoms with E-state index < -0.39 is 11.7 Å². The normalized spacial score (nSPS) is 24.7. The number of hydrogen-bond donors (Lipinski definition) is 3. The number of benzene rings is 2. The zero-order chi connectivity index (χ0) is 33.7. The molecule has 2 saturated heterocycles. The first-order chi connectivity index (χ1) is 24.4. The number of nitrogens with zero attached hydrogens (tertiary/aromatic N) is 3. The first-order valence-electron chi connectivity index (χ1n) is 17.1. The number of amides is 1. The Balaban J connectivity index is 1.10. The van der Waals surface area contributed by atoms with Crippen LogP contribution < -0.4 is 21.1 Å². The van der Waals surface area contributed by atoms with E-state index in [-0.39, 0.29) is 29.2 Å². The molecule has 10 nitrogen and oxygen atoms in total. The van der Waals surface area contributed by atoms with Crippen LogP contribution in [0, 0.1) is 11.7 Å². The fourth-order valence-corrected chi connectivity index (χ4v) is 10.4. The van der Waals surface area contributed by atoms with Crippen molar-refractivity contribution >= 4 is 38.7 Å². The molecule has 12 heteroatoms. The van der Waals surface area contributed by atoms with Gasteiger partial charge in [-0.2, -0.15) is 0 Å². The molecule has 5 aromatic rings. The Morgan fingerprint density at radius 1 is 1.12 bits per heavy atom. The highest BCUT2D eigenvalue weighted by molar-refractivity contribution is 7.19. The molecule has 2 atom stereocenters. The molecule has 0 radical (unpaired) electrons. The molecule has 2 bridgehead atoms. The van der Waals surface area contributed by atoms with E-state index in [9.17, 15) is 14.0 Å². The minimum Gasteiger partial charge on any atom is -0.496 e. The van der Waals surface area contributed by atoms with Crippen LogP contribution in [0.15, 0.2) is 87.0 Å². The Labute approximate surface area is 290 Å². The molecule has 1 spiro atoms. The number of carbonyl (C=O) groups excluding carboxylic acids is 1.